The number of hydrogen-bond donors (Lipinski definition) is 1. The predicted molar refractivity (Wildman–Crippen MR) is 81.4 cm³/mol. The third-order valence-corrected chi connectivity index (χ3v) is 4.34. The van der Waals surface area contributed by atoms with Gasteiger partial charge in [-0.25, -0.2) is 0 Å². The molecule has 0 radical (unpaired) electrons. The summed E-state index contributed by atoms with van der Waals surface area (Å²) >= 11 is 1.39. The highest BCUT2D eigenvalue weighted by atomic mass is 32.1. The summed E-state index contributed by atoms with van der Waals surface area (Å²) < 4.78 is 10.7. The number of rotatable bonds is 4. The fourth-order valence-electron chi connectivity index (χ4n) is 2.12. The average Bonchev–Trinajstić information content (AvgIpc) is 2.82. The molecule has 0 amide bonds. The van der Waals surface area contributed by atoms with Crippen molar-refractivity contribution in [2.45, 2.75) is 13.3 Å². The molecule has 0 atom stereocenters. The fourth-order valence-corrected chi connectivity index (χ4v) is 3.25. The van der Waals surface area contributed by atoms with Crippen molar-refractivity contribution in [3.05, 3.63) is 28.6 Å². The van der Waals surface area contributed by atoms with Crippen LogP contribution in [0.1, 0.15) is 17.4 Å². The van der Waals surface area contributed by atoms with E-state index in [1.54, 1.807) is 14.2 Å². The molecular weight excluding hydrogens is 272 g/mol. The maximum atomic E-state index is 9.15. The first kappa shape index (κ1) is 14.2. The van der Waals surface area contributed by atoms with Gasteiger partial charge in [-0.3, -0.25) is 0 Å². The average molecular weight is 288 g/mol. The van der Waals surface area contributed by atoms with E-state index in [9.17, 15) is 0 Å². The Morgan fingerprint density at radius 1 is 1.30 bits per heavy atom. The molecule has 0 bridgehead atoms. The Hall–Kier alpha value is -2.19. The van der Waals surface area contributed by atoms with Crippen molar-refractivity contribution in [2.24, 2.45) is 0 Å². The van der Waals surface area contributed by atoms with E-state index in [1.807, 2.05) is 25.1 Å². The third kappa shape index (κ3) is 2.30. The summed E-state index contributed by atoms with van der Waals surface area (Å²) in [6.07, 6.45) is 0.764. The Bertz CT molecular complexity index is 671. The molecular formula is C15H16N2O2S. The van der Waals surface area contributed by atoms with E-state index in [1.165, 1.54) is 11.3 Å². The molecule has 0 aliphatic rings. The van der Waals surface area contributed by atoms with Gasteiger partial charge in [-0.2, -0.15) is 5.26 Å². The van der Waals surface area contributed by atoms with E-state index in [0.717, 1.165) is 33.9 Å². The number of anilines is 1. The van der Waals surface area contributed by atoms with Crippen LogP contribution in [0.5, 0.6) is 11.5 Å². The van der Waals surface area contributed by atoms with E-state index in [0.29, 0.717) is 10.6 Å². The van der Waals surface area contributed by atoms with Crippen molar-refractivity contribution in [2.75, 3.05) is 20.0 Å². The minimum absolute atomic E-state index is 0.543. The van der Waals surface area contributed by atoms with Crippen molar-refractivity contribution >= 4 is 17.0 Å². The molecule has 0 saturated heterocycles. The van der Waals surface area contributed by atoms with Crippen LogP contribution in [-0.4, -0.2) is 14.2 Å². The molecule has 2 N–H and O–H groups in total. The minimum Gasteiger partial charge on any atom is -0.497 e. The van der Waals surface area contributed by atoms with Gasteiger partial charge in [0.25, 0.3) is 0 Å². The first-order valence-electron chi connectivity index (χ1n) is 6.19. The highest BCUT2D eigenvalue weighted by Gasteiger charge is 2.19. The fraction of sp³-hybridized carbons (Fsp3) is 0.267. The quantitative estimate of drug-likeness (QED) is 0.935. The van der Waals surface area contributed by atoms with Gasteiger partial charge in [0, 0.05) is 10.4 Å². The van der Waals surface area contributed by atoms with E-state index < -0.39 is 0 Å². The van der Waals surface area contributed by atoms with Crippen LogP contribution in [0.25, 0.3) is 10.4 Å². The first-order chi connectivity index (χ1) is 9.65. The normalized spacial score (nSPS) is 10.1. The summed E-state index contributed by atoms with van der Waals surface area (Å²) in [5, 5.41) is 9.15. The zero-order chi connectivity index (χ0) is 14.7. The molecule has 0 aliphatic carbocycles. The molecule has 2 rings (SSSR count). The minimum atomic E-state index is 0.543. The van der Waals surface area contributed by atoms with Crippen molar-refractivity contribution in [3.8, 4) is 28.0 Å². The van der Waals surface area contributed by atoms with Crippen molar-refractivity contribution in [1.29, 1.82) is 5.26 Å². The Morgan fingerprint density at radius 3 is 2.60 bits per heavy atom. The summed E-state index contributed by atoms with van der Waals surface area (Å²) in [4.78, 5) is 1.51. The van der Waals surface area contributed by atoms with E-state index in [-0.39, 0.29) is 0 Å². The summed E-state index contributed by atoms with van der Waals surface area (Å²) in [7, 11) is 3.24. The summed E-state index contributed by atoms with van der Waals surface area (Å²) in [5.41, 5.74) is 8.50. The number of benzene rings is 1. The number of thiophene rings is 1. The summed E-state index contributed by atoms with van der Waals surface area (Å²) in [6, 6.07) is 7.75. The molecule has 20 heavy (non-hydrogen) atoms. The first-order valence-corrected chi connectivity index (χ1v) is 7.01. The van der Waals surface area contributed by atoms with E-state index in [2.05, 4.69) is 6.07 Å². The second-order valence-corrected chi connectivity index (χ2v) is 5.20. The topological polar surface area (TPSA) is 68.3 Å². The SMILES string of the molecule is CCc1c(-c2cc(OC)ccc2OC)sc(C#N)c1N. The number of nitrogens with zero attached hydrogens (tertiary/aromatic N) is 1. The Morgan fingerprint density at radius 2 is 2.05 bits per heavy atom. The largest absolute Gasteiger partial charge is 0.497 e. The van der Waals surface area contributed by atoms with Crippen LogP contribution in [0.4, 0.5) is 5.69 Å². The number of nitriles is 1. The molecule has 104 valence electrons. The standard InChI is InChI=1S/C15H16N2O2S/c1-4-10-14(17)13(8-16)20-15(10)11-7-9(18-2)5-6-12(11)19-3/h5-7H,4,17H2,1-3H3. The van der Waals surface area contributed by atoms with Crippen LogP contribution in [0.2, 0.25) is 0 Å². The third-order valence-electron chi connectivity index (χ3n) is 3.15. The maximum absolute atomic E-state index is 9.15. The summed E-state index contributed by atoms with van der Waals surface area (Å²) in [5.74, 6) is 1.49. The monoisotopic (exact) mass is 288 g/mol. The predicted octanol–water partition coefficient (Wildman–Crippen LogP) is 3.45. The van der Waals surface area contributed by atoms with Crippen molar-refractivity contribution in [1.82, 2.24) is 0 Å². The van der Waals surface area contributed by atoms with Crippen molar-refractivity contribution in [3.63, 3.8) is 0 Å². The molecule has 0 fully saturated rings. The second kappa shape index (κ2) is 5.85. The van der Waals surface area contributed by atoms with Gasteiger partial charge in [0.15, 0.2) is 0 Å². The van der Waals surface area contributed by atoms with Gasteiger partial charge in [0.2, 0.25) is 0 Å². The molecule has 1 heterocycles. The molecule has 0 saturated carbocycles. The number of hydrogen-bond acceptors (Lipinski definition) is 5. The van der Waals surface area contributed by atoms with Gasteiger partial charge in [-0.1, -0.05) is 6.92 Å². The molecule has 1 aromatic carbocycles. The highest BCUT2D eigenvalue weighted by Crippen LogP contribution is 2.43. The van der Waals surface area contributed by atoms with Crippen LogP contribution in [-0.2, 0) is 6.42 Å². The van der Waals surface area contributed by atoms with Gasteiger partial charge >= 0.3 is 0 Å². The molecule has 2 aromatic rings. The van der Waals surface area contributed by atoms with Crippen molar-refractivity contribution < 1.29 is 9.47 Å². The van der Waals surface area contributed by atoms with Crippen LogP contribution >= 0.6 is 11.3 Å². The Kier molecular flexibility index (Phi) is 4.16. The van der Waals surface area contributed by atoms with Gasteiger partial charge in [0.1, 0.15) is 22.4 Å². The molecule has 5 heteroatoms. The maximum Gasteiger partial charge on any atom is 0.128 e. The Balaban J connectivity index is 2.70. The molecule has 4 nitrogen and oxygen atoms in total. The lowest BCUT2D eigenvalue weighted by Gasteiger charge is -2.10. The number of methoxy groups -OCH3 is 2. The van der Waals surface area contributed by atoms with Gasteiger partial charge in [-0.15, -0.1) is 11.3 Å². The zero-order valence-electron chi connectivity index (χ0n) is 11.7. The van der Waals surface area contributed by atoms with Crippen LogP contribution in [0.3, 0.4) is 0 Å². The number of ether oxygens (including phenoxy) is 2. The summed E-state index contributed by atoms with van der Waals surface area (Å²) in [6.45, 7) is 2.02. The number of nitrogens with two attached hydrogens (primary N) is 1. The lowest BCUT2D eigenvalue weighted by Crippen LogP contribution is -1.93. The lowest BCUT2D eigenvalue weighted by molar-refractivity contribution is 0.404. The Labute approximate surface area is 122 Å². The molecule has 0 spiro atoms. The van der Waals surface area contributed by atoms with Crippen LogP contribution < -0.4 is 15.2 Å². The molecule has 1 aromatic heterocycles. The second-order valence-electron chi connectivity index (χ2n) is 4.18. The van der Waals surface area contributed by atoms with E-state index >= 15 is 0 Å². The molecule has 0 unspecified atom stereocenters. The smallest absolute Gasteiger partial charge is 0.128 e. The van der Waals surface area contributed by atoms with Crippen LogP contribution in [0.15, 0.2) is 18.2 Å². The molecule has 0 aliphatic heterocycles. The van der Waals surface area contributed by atoms with Crippen LogP contribution in [0, 0.1) is 11.3 Å². The van der Waals surface area contributed by atoms with Gasteiger partial charge < -0.3 is 15.2 Å². The van der Waals surface area contributed by atoms with E-state index in [4.69, 9.17) is 20.5 Å². The van der Waals surface area contributed by atoms with Gasteiger partial charge in [-0.05, 0) is 30.2 Å². The lowest BCUT2D eigenvalue weighted by atomic mass is 10.0. The zero-order valence-corrected chi connectivity index (χ0v) is 12.5. The number of nitrogen functional groups attached to an aromatic ring is 1. The van der Waals surface area contributed by atoms with Gasteiger partial charge in [0.05, 0.1) is 19.9 Å². The highest BCUT2D eigenvalue weighted by molar-refractivity contribution is 7.16.